The molecule has 0 radical (unpaired) electrons. The van der Waals surface area contributed by atoms with Crippen molar-refractivity contribution in [2.45, 2.75) is 71.1 Å². The molecule has 0 spiro atoms. The molecule has 0 amide bonds. The predicted octanol–water partition coefficient (Wildman–Crippen LogP) is 3.63. The Labute approximate surface area is 118 Å². The van der Waals surface area contributed by atoms with Crippen LogP contribution in [0.2, 0.25) is 0 Å². The van der Waals surface area contributed by atoms with Gasteiger partial charge in [0.25, 0.3) is 0 Å². The smallest absolute Gasteiger partial charge is 0.303 e. The molecule has 0 aromatic rings. The summed E-state index contributed by atoms with van der Waals surface area (Å²) in [4.78, 5) is 10.2. The number of rotatable bonds is 12. The van der Waals surface area contributed by atoms with E-state index in [1.807, 2.05) is 0 Å². The van der Waals surface area contributed by atoms with Gasteiger partial charge >= 0.3 is 5.97 Å². The van der Waals surface area contributed by atoms with Gasteiger partial charge in [-0.2, -0.15) is 0 Å². The Morgan fingerprint density at radius 1 is 1.11 bits per heavy atom. The Morgan fingerprint density at radius 2 is 1.58 bits per heavy atom. The number of aliphatic carboxylic acids is 1. The second-order valence-electron chi connectivity index (χ2n) is 4.67. The van der Waals surface area contributed by atoms with Gasteiger partial charge < -0.3 is 5.11 Å². The minimum Gasteiger partial charge on any atom is -0.481 e. The van der Waals surface area contributed by atoms with E-state index >= 15 is 0 Å². The third-order valence-corrected chi connectivity index (χ3v) is 2.76. The molecular formula is C15H32N2O2. The molecule has 0 aromatic carbocycles. The van der Waals surface area contributed by atoms with E-state index < -0.39 is 5.97 Å². The van der Waals surface area contributed by atoms with Gasteiger partial charge in [-0.25, -0.2) is 0 Å². The molecule has 19 heavy (non-hydrogen) atoms. The maximum absolute atomic E-state index is 10.2. The van der Waals surface area contributed by atoms with E-state index in [0.717, 1.165) is 12.8 Å². The summed E-state index contributed by atoms with van der Waals surface area (Å²) in [6.45, 7) is 6.32. The molecule has 0 fully saturated rings. The number of hydrogen-bond donors (Lipinski definition) is 3. The first kappa shape index (κ1) is 20.4. The van der Waals surface area contributed by atoms with Crippen LogP contribution in [0.15, 0.2) is 12.7 Å². The van der Waals surface area contributed by atoms with Gasteiger partial charge in [0.2, 0.25) is 0 Å². The van der Waals surface area contributed by atoms with Crippen LogP contribution in [0.4, 0.5) is 0 Å². The van der Waals surface area contributed by atoms with E-state index in [0.29, 0.717) is 13.0 Å². The lowest BCUT2D eigenvalue weighted by molar-refractivity contribution is -0.137. The van der Waals surface area contributed by atoms with Crippen molar-refractivity contribution in [3.8, 4) is 0 Å². The number of carboxylic acids is 1. The van der Waals surface area contributed by atoms with Crippen molar-refractivity contribution in [1.82, 2.24) is 5.43 Å². The van der Waals surface area contributed by atoms with Crippen molar-refractivity contribution in [3.05, 3.63) is 12.7 Å². The number of hydrazine groups is 1. The minimum atomic E-state index is -0.659. The summed E-state index contributed by atoms with van der Waals surface area (Å²) in [5.41, 5.74) is 2.40. The van der Waals surface area contributed by atoms with E-state index in [4.69, 9.17) is 10.9 Å². The normalized spacial score (nSPS) is 9.58. The number of unbranched alkanes of at least 4 members (excludes halogenated alkanes) is 8. The first-order valence-corrected chi connectivity index (χ1v) is 7.45. The zero-order valence-corrected chi connectivity index (χ0v) is 12.5. The van der Waals surface area contributed by atoms with Gasteiger partial charge in [-0.1, -0.05) is 64.4 Å². The fourth-order valence-corrected chi connectivity index (χ4v) is 1.67. The summed E-state index contributed by atoms with van der Waals surface area (Å²) in [5.74, 6) is 4.16. The van der Waals surface area contributed by atoms with Crippen LogP contribution >= 0.6 is 0 Å². The third kappa shape index (κ3) is 26.7. The Morgan fingerprint density at radius 3 is 1.89 bits per heavy atom. The van der Waals surface area contributed by atoms with Gasteiger partial charge in [0, 0.05) is 13.0 Å². The van der Waals surface area contributed by atoms with Crippen LogP contribution in [0, 0.1) is 0 Å². The van der Waals surface area contributed by atoms with Crippen LogP contribution in [0.5, 0.6) is 0 Å². The standard InChI is InChI=1S/C12H24O2.C3H8N2/c1-2-3-4-5-6-7-8-9-10-11-12(13)14;1-2-3-5-4/h2-11H2,1H3,(H,13,14);2,5H,1,3-4H2. The highest BCUT2D eigenvalue weighted by Crippen LogP contribution is 2.10. The second kappa shape index (κ2) is 19.5. The summed E-state index contributed by atoms with van der Waals surface area (Å²) in [5, 5.41) is 8.41. The number of carbonyl (C=O) groups is 1. The van der Waals surface area contributed by atoms with Gasteiger partial charge in [-0.15, -0.1) is 6.58 Å². The zero-order chi connectivity index (χ0) is 14.8. The highest BCUT2D eigenvalue weighted by Gasteiger charge is 1.96. The fraction of sp³-hybridized carbons (Fsp3) is 0.800. The van der Waals surface area contributed by atoms with Gasteiger partial charge in [0.1, 0.15) is 0 Å². The molecule has 0 aliphatic carbocycles. The summed E-state index contributed by atoms with van der Waals surface area (Å²) in [7, 11) is 0. The summed E-state index contributed by atoms with van der Waals surface area (Å²) in [6, 6.07) is 0. The SMILES string of the molecule is C=CCNN.CCCCCCCCCCCC(=O)O. The molecule has 4 heteroatoms. The lowest BCUT2D eigenvalue weighted by atomic mass is 10.1. The van der Waals surface area contributed by atoms with E-state index in [9.17, 15) is 4.79 Å². The Kier molecular flexibility index (Phi) is 21.0. The molecule has 0 unspecified atom stereocenters. The van der Waals surface area contributed by atoms with E-state index in [2.05, 4.69) is 18.9 Å². The van der Waals surface area contributed by atoms with Crippen LogP contribution in [-0.4, -0.2) is 17.6 Å². The zero-order valence-electron chi connectivity index (χ0n) is 12.5. The van der Waals surface area contributed by atoms with Crippen LogP contribution < -0.4 is 11.3 Å². The van der Waals surface area contributed by atoms with Gasteiger partial charge in [-0.05, 0) is 6.42 Å². The number of carboxylic acid groups (broad SMARTS) is 1. The molecule has 4 N–H and O–H groups in total. The summed E-state index contributed by atoms with van der Waals surface area (Å²) < 4.78 is 0. The third-order valence-electron chi connectivity index (χ3n) is 2.76. The summed E-state index contributed by atoms with van der Waals surface area (Å²) >= 11 is 0. The molecule has 0 bridgehead atoms. The molecule has 0 saturated carbocycles. The monoisotopic (exact) mass is 272 g/mol. The number of nitrogens with two attached hydrogens (primary N) is 1. The molecule has 114 valence electrons. The van der Waals surface area contributed by atoms with Crippen LogP contribution in [-0.2, 0) is 4.79 Å². The highest BCUT2D eigenvalue weighted by molar-refractivity contribution is 5.66. The van der Waals surface area contributed by atoms with Gasteiger partial charge in [0.15, 0.2) is 0 Å². The lowest BCUT2D eigenvalue weighted by Crippen LogP contribution is -2.20. The van der Waals surface area contributed by atoms with Gasteiger partial charge in [0.05, 0.1) is 0 Å². The Balaban J connectivity index is 0. The molecule has 0 saturated heterocycles. The molecule has 0 heterocycles. The molecule has 0 aliphatic heterocycles. The topological polar surface area (TPSA) is 75.3 Å². The van der Waals surface area contributed by atoms with Crippen LogP contribution in [0.3, 0.4) is 0 Å². The van der Waals surface area contributed by atoms with Crippen molar-refractivity contribution in [2.24, 2.45) is 5.84 Å². The largest absolute Gasteiger partial charge is 0.481 e. The van der Waals surface area contributed by atoms with Gasteiger partial charge in [-0.3, -0.25) is 16.1 Å². The quantitative estimate of drug-likeness (QED) is 0.219. The van der Waals surface area contributed by atoms with Crippen molar-refractivity contribution in [1.29, 1.82) is 0 Å². The van der Waals surface area contributed by atoms with Crippen molar-refractivity contribution >= 4 is 5.97 Å². The molecule has 0 aromatic heterocycles. The van der Waals surface area contributed by atoms with Crippen LogP contribution in [0.25, 0.3) is 0 Å². The average molecular weight is 272 g/mol. The predicted molar refractivity (Wildman–Crippen MR) is 81.9 cm³/mol. The molecule has 0 rings (SSSR count). The molecular weight excluding hydrogens is 240 g/mol. The molecule has 0 atom stereocenters. The lowest BCUT2D eigenvalue weighted by Gasteiger charge is -2.00. The summed E-state index contributed by atoms with van der Waals surface area (Å²) in [6.07, 6.45) is 13.2. The van der Waals surface area contributed by atoms with Crippen LogP contribution in [0.1, 0.15) is 71.1 Å². The van der Waals surface area contributed by atoms with E-state index in [1.165, 1.54) is 44.9 Å². The highest BCUT2D eigenvalue weighted by atomic mass is 16.4. The number of nitrogens with one attached hydrogen (secondary N) is 1. The van der Waals surface area contributed by atoms with Crippen molar-refractivity contribution < 1.29 is 9.90 Å². The fourth-order valence-electron chi connectivity index (χ4n) is 1.67. The minimum absolute atomic E-state index is 0.343. The average Bonchev–Trinajstić information content (AvgIpc) is 2.38. The maximum Gasteiger partial charge on any atom is 0.303 e. The number of hydrogen-bond acceptors (Lipinski definition) is 3. The molecule has 4 nitrogen and oxygen atoms in total. The van der Waals surface area contributed by atoms with E-state index in [-0.39, 0.29) is 0 Å². The first-order valence-electron chi connectivity index (χ1n) is 7.45. The van der Waals surface area contributed by atoms with E-state index in [1.54, 1.807) is 6.08 Å². The second-order valence-corrected chi connectivity index (χ2v) is 4.67. The van der Waals surface area contributed by atoms with Crippen molar-refractivity contribution in [3.63, 3.8) is 0 Å². The maximum atomic E-state index is 10.2. The first-order chi connectivity index (χ1) is 9.18. The molecule has 0 aliphatic rings. The Bertz CT molecular complexity index is 197. The van der Waals surface area contributed by atoms with Crippen molar-refractivity contribution in [2.75, 3.05) is 6.54 Å². The Hall–Kier alpha value is -0.870.